The third-order valence-electron chi connectivity index (χ3n) is 7.43. The zero-order valence-electron chi connectivity index (χ0n) is 22.1. The van der Waals surface area contributed by atoms with Crippen molar-refractivity contribution >= 4 is 28.3 Å². The van der Waals surface area contributed by atoms with Crippen molar-refractivity contribution in [3.05, 3.63) is 65.7 Å². The van der Waals surface area contributed by atoms with Crippen LogP contribution in [0.15, 0.2) is 54.6 Å². The van der Waals surface area contributed by atoms with Crippen LogP contribution in [0.1, 0.15) is 37.8 Å². The highest BCUT2D eigenvalue weighted by atomic mass is 16.5. The van der Waals surface area contributed by atoms with Crippen molar-refractivity contribution in [3.63, 3.8) is 0 Å². The van der Waals surface area contributed by atoms with Crippen molar-refractivity contribution < 1.29 is 14.3 Å². The molecule has 1 aromatic heterocycles. The molecule has 4 aromatic rings. The van der Waals surface area contributed by atoms with E-state index in [4.69, 9.17) is 4.74 Å². The largest absolute Gasteiger partial charge is 0.496 e. The molecule has 0 spiro atoms. The van der Waals surface area contributed by atoms with Crippen molar-refractivity contribution in [1.82, 2.24) is 25.5 Å². The number of nitrogens with one attached hydrogen (secondary N) is 1. The molecule has 3 aromatic carbocycles. The number of aromatic nitrogens is 4. The zero-order chi connectivity index (χ0) is 26.8. The van der Waals surface area contributed by atoms with Crippen LogP contribution in [-0.2, 0) is 29.6 Å². The number of carbonyl (C=O) groups is 2. The first-order valence-corrected chi connectivity index (χ1v) is 12.9. The molecule has 0 saturated heterocycles. The lowest BCUT2D eigenvalue weighted by atomic mass is 9.99. The van der Waals surface area contributed by atoms with Gasteiger partial charge in [0.2, 0.25) is 11.8 Å². The molecule has 0 radical (unpaired) electrons. The SMILES string of the molecule is CC[C@@H](C)C(=O)N[C@H]1CCc2ccccc2N(Cc2c(OC)ccc3cc(-c4nnnn4C)ccc23)C1=O. The minimum absolute atomic E-state index is 0.0923. The van der Waals surface area contributed by atoms with Crippen LogP contribution in [-0.4, -0.2) is 45.2 Å². The average Bonchev–Trinajstić information content (AvgIpc) is 3.33. The van der Waals surface area contributed by atoms with Crippen LogP contribution in [0.5, 0.6) is 5.75 Å². The highest BCUT2D eigenvalue weighted by Gasteiger charge is 2.33. The van der Waals surface area contributed by atoms with E-state index >= 15 is 0 Å². The predicted octanol–water partition coefficient (Wildman–Crippen LogP) is 4.05. The Labute approximate surface area is 221 Å². The summed E-state index contributed by atoms with van der Waals surface area (Å²) in [6.07, 6.45) is 1.97. The van der Waals surface area contributed by atoms with Crippen molar-refractivity contribution in [1.29, 1.82) is 0 Å². The second kappa shape index (κ2) is 10.6. The van der Waals surface area contributed by atoms with Crippen molar-refractivity contribution in [2.24, 2.45) is 13.0 Å². The van der Waals surface area contributed by atoms with Crippen LogP contribution in [0.4, 0.5) is 5.69 Å². The fraction of sp³-hybridized carbons (Fsp3) is 0.345. The number of hydrogen-bond donors (Lipinski definition) is 1. The normalized spacial score (nSPS) is 16.2. The van der Waals surface area contributed by atoms with E-state index in [-0.39, 0.29) is 17.7 Å². The Morgan fingerprint density at radius 3 is 2.74 bits per heavy atom. The summed E-state index contributed by atoms with van der Waals surface area (Å²) in [4.78, 5) is 28.5. The predicted molar refractivity (Wildman–Crippen MR) is 146 cm³/mol. The van der Waals surface area contributed by atoms with Gasteiger partial charge in [0.05, 0.1) is 13.7 Å². The lowest BCUT2D eigenvalue weighted by Crippen LogP contribution is -2.49. The molecule has 196 valence electrons. The lowest BCUT2D eigenvalue weighted by molar-refractivity contribution is -0.129. The molecule has 5 rings (SSSR count). The van der Waals surface area contributed by atoms with E-state index in [9.17, 15) is 9.59 Å². The van der Waals surface area contributed by atoms with Gasteiger partial charge in [-0.25, -0.2) is 4.68 Å². The van der Waals surface area contributed by atoms with Gasteiger partial charge in [0, 0.05) is 29.8 Å². The van der Waals surface area contributed by atoms with E-state index in [0.29, 0.717) is 31.0 Å². The highest BCUT2D eigenvalue weighted by molar-refractivity contribution is 6.01. The summed E-state index contributed by atoms with van der Waals surface area (Å²) in [6.45, 7) is 4.16. The number of ether oxygens (including phenoxy) is 1. The summed E-state index contributed by atoms with van der Waals surface area (Å²) in [7, 11) is 3.44. The smallest absolute Gasteiger partial charge is 0.249 e. The van der Waals surface area contributed by atoms with Crippen LogP contribution in [0, 0.1) is 5.92 Å². The van der Waals surface area contributed by atoms with Crippen LogP contribution in [0.2, 0.25) is 0 Å². The summed E-state index contributed by atoms with van der Waals surface area (Å²) in [5.74, 6) is 0.997. The molecular formula is C29H32N6O3. The van der Waals surface area contributed by atoms with Crippen LogP contribution >= 0.6 is 0 Å². The van der Waals surface area contributed by atoms with Gasteiger partial charge >= 0.3 is 0 Å². The highest BCUT2D eigenvalue weighted by Crippen LogP contribution is 2.35. The molecule has 0 bridgehead atoms. The zero-order valence-corrected chi connectivity index (χ0v) is 22.1. The Hall–Kier alpha value is -4.27. The van der Waals surface area contributed by atoms with Gasteiger partial charge in [-0.3, -0.25) is 9.59 Å². The van der Waals surface area contributed by atoms with Gasteiger partial charge < -0.3 is 15.0 Å². The second-order valence-electron chi connectivity index (χ2n) is 9.77. The number of fused-ring (bicyclic) bond motifs is 2. The average molecular weight is 513 g/mol. The van der Waals surface area contributed by atoms with E-state index < -0.39 is 6.04 Å². The minimum Gasteiger partial charge on any atom is -0.496 e. The van der Waals surface area contributed by atoms with Gasteiger partial charge in [-0.2, -0.15) is 0 Å². The lowest BCUT2D eigenvalue weighted by Gasteiger charge is -2.28. The van der Waals surface area contributed by atoms with E-state index in [1.807, 2.05) is 62.4 Å². The maximum atomic E-state index is 14.0. The summed E-state index contributed by atoms with van der Waals surface area (Å²) < 4.78 is 7.40. The van der Waals surface area contributed by atoms with Crippen LogP contribution in [0.25, 0.3) is 22.2 Å². The number of amides is 2. The molecule has 2 amide bonds. The first kappa shape index (κ1) is 25.4. The Morgan fingerprint density at radius 2 is 2.00 bits per heavy atom. The monoisotopic (exact) mass is 512 g/mol. The number of rotatable bonds is 7. The molecule has 1 aliphatic rings. The van der Waals surface area contributed by atoms with E-state index in [0.717, 1.165) is 39.6 Å². The summed E-state index contributed by atoms with van der Waals surface area (Å²) in [5.41, 5.74) is 3.73. The van der Waals surface area contributed by atoms with Crippen molar-refractivity contribution in [3.8, 4) is 17.1 Å². The van der Waals surface area contributed by atoms with Gasteiger partial charge in [-0.15, -0.1) is 5.10 Å². The molecule has 9 heteroatoms. The fourth-order valence-corrected chi connectivity index (χ4v) is 5.01. The number of nitrogens with zero attached hydrogens (tertiary/aromatic N) is 5. The number of methoxy groups -OCH3 is 1. The summed E-state index contributed by atoms with van der Waals surface area (Å²) in [5, 5.41) is 16.8. The molecular weight excluding hydrogens is 480 g/mol. The minimum atomic E-state index is -0.597. The fourth-order valence-electron chi connectivity index (χ4n) is 5.01. The number of benzene rings is 3. The molecule has 1 aliphatic heterocycles. The maximum absolute atomic E-state index is 14.0. The molecule has 0 saturated carbocycles. The summed E-state index contributed by atoms with van der Waals surface area (Å²) >= 11 is 0. The Bertz CT molecular complexity index is 1500. The molecule has 38 heavy (non-hydrogen) atoms. The molecule has 2 atom stereocenters. The van der Waals surface area contributed by atoms with E-state index in [1.54, 1.807) is 23.7 Å². The van der Waals surface area contributed by atoms with Crippen molar-refractivity contribution in [2.45, 2.75) is 45.7 Å². The third kappa shape index (κ3) is 4.71. The molecule has 0 fully saturated rings. The van der Waals surface area contributed by atoms with Gasteiger partial charge in [0.15, 0.2) is 5.82 Å². The van der Waals surface area contributed by atoms with Gasteiger partial charge in [0.1, 0.15) is 11.8 Å². The number of aryl methyl sites for hydroxylation is 2. The number of para-hydroxylation sites is 1. The quantitative estimate of drug-likeness (QED) is 0.401. The Balaban J connectivity index is 1.57. The number of anilines is 1. The molecule has 0 aliphatic carbocycles. The Morgan fingerprint density at radius 1 is 1.18 bits per heavy atom. The van der Waals surface area contributed by atoms with E-state index in [1.165, 1.54) is 0 Å². The Kier molecular flexibility index (Phi) is 7.09. The number of hydrogen-bond acceptors (Lipinski definition) is 6. The van der Waals surface area contributed by atoms with Crippen LogP contribution in [0.3, 0.4) is 0 Å². The van der Waals surface area contributed by atoms with Gasteiger partial charge in [-0.1, -0.05) is 50.2 Å². The van der Waals surface area contributed by atoms with Crippen molar-refractivity contribution in [2.75, 3.05) is 12.0 Å². The topological polar surface area (TPSA) is 102 Å². The first-order valence-electron chi connectivity index (χ1n) is 12.9. The third-order valence-corrected chi connectivity index (χ3v) is 7.43. The standard InChI is InChI=1S/C29H32N6O3/c1-5-18(2)28(36)30-24-14-11-19-8-6-7-9-25(19)35(29(24)37)17-23-22-13-10-21(27-31-32-33-34(27)3)16-20(22)12-15-26(23)38-4/h6-10,12-13,15-16,18,24H,5,11,14,17H2,1-4H3,(H,30,36)/t18-,24+/m1/s1. The summed E-state index contributed by atoms with van der Waals surface area (Å²) in [6, 6.07) is 17.3. The maximum Gasteiger partial charge on any atom is 0.249 e. The molecule has 9 nitrogen and oxygen atoms in total. The van der Waals surface area contributed by atoms with Crippen LogP contribution < -0.4 is 15.0 Å². The second-order valence-corrected chi connectivity index (χ2v) is 9.77. The molecule has 1 N–H and O–H groups in total. The van der Waals surface area contributed by atoms with E-state index in [2.05, 4.69) is 26.9 Å². The number of tetrazole rings is 1. The molecule has 2 heterocycles. The first-order chi connectivity index (χ1) is 18.4. The van der Waals surface area contributed by atoms with Gasteiger partial charge in [-0.05, 0) is 64.2 Å². The molecule has 0 unspecified atom stereocenters. The van der Waals surface area contributed by atoms with Gasteiger partial charge in [0.25, 0.3) is 0 Å². The number of carbonyl (C=O) groups excluding carboxylic acids is 2.